The van der Waals surface area contributed by atoms with Gasteiger partial charge >= 0.3 is 0 Å². The molecule has 3 nitrogen and oxygen atoms in total. The molecule has 96 valence electrons. The van der Waals surface area contributed by atoms with Crippen LogP contribution in [0.2, 0.25) is 5.02 Å². The Morgan fingerprint density at radius 3 is 2.72 bits per heavy atom. The van der Waals surface area contributed by atoms with Gasteiger partial charge in [0, 0.05) is 4.88 Å². The summed E-state index contributed by atoms with van der Waals surface area (Å²) < 4.78 is 5.33. The number of hydrogen-bond acceptors (Lipinski definition) is 4. The van der Waals surface area contributed by atoms with E-state index in [0.29, 0.717) is 0 Å². The van der Waals surface area contributed by atoms with E-state index >= 15 is 0 Å². The van der Waals surface area contributed by atoms with E-state index in [1.807, 2.05) is 36.6 Å². The lowest BCUT2D eigenvalue weighted by Crippen LogP contribution is -2.28. The third kappa shape index (κ3) is 2.52. The molecule has 1 unspecified atom stereocenters. The molecule has 0 radical (unpaired) electrons. The van der Waals surface area contributed by atoms with Gasteiger partial charge in [-0.2, -0.15) is 0 Å². The number of nitrogens with two attached hydrogens (primary N) is 1. The van der Waals surface area contributed by atoms with Crippen molar-refractivity contribution in [2.24, 2.45) is 5.84 Å². The second-order valence-corrected chi connectivity index (χ2v) is 5.32. The van der Waals surface area contributed by atoms with Crippen molar-refractivity contribution in [3.8, 4) is 5.75 Å². The Bertz CT molecular complexity index is 542. The first-order chi connectivity index (χ1) is 8.67. The van der Waals surface area contributed by atoms with Crippen LogP contribution in [0.5, 0.6) is 5.75 Å². The van der Waals surface area contributed by atoms with Crippen LogP contribution in [-0.4, -0.2) is 7.11 Å². The van der Waals surface area contributed by atoms with Gasteiger partial charge < -0.3 is 4.74 Å². The first-order valence-corrected chi connectivity index (χ1v) is 6.76. The lowest BCUT2D eigenvalue weighted by molar-refractivity contribution is 0.410. The van der Waals surface area contributed by atoms with Crippen molar-refractivity contribution in [1.29, 1.82) is 0 Å². The van der Waals surface area contributed by atoms with Crippen LogP contribution in [0, 0.1) is 6.92 Å². The van der Waals surface area contributed by atoms with Crippen LogP contribution in [0.15, 0.2) is 29.6 Å². The van der Waals surface area contributed by atoms with Crippen LogP contribution < -0.4 is 16.0 Å². The van der Waals surface area contributed by atoms with Crippen LogP contribution >= 0.6 is 22.9 Å². The molecular weight excluding hydrogens is 268 g/mol. The summed E-state index contributed by atoms with van der Waals surface area (Å²) in [5, 5.41) is 2.68. The molecule has 5 heteroatoms. The molecule has 2 aromatic rings. The topological polar surface area (TPSA) is 47.3 Å². The molecule has 1 aromatic carbocycles. The molecule has 2 rings (SSSR count). The zero-order valence-electron chi connectivity index (χ0n) is 10.2. The highest BCUT2D eigenvalue weighted by Gasteiger charge is 2.18. The third-order valence-electron chi connectivity index (χ3n) is 2.84. The maximum absolute atomic E-state index is 6.15. The minimum Gasteiger partial charge on any atom is -0.496 e. The summed E-state index contributed by atoms with van der Waals surface area (Å²) in [6.07, 6.45) is 0. The number of methoxy groups -OCH3 is 1. The maximum Gasteiger partial charge on any atom is 0.122 e. The van der Waals surface area contributed by atoms with Gasteiger partial charge in [0.25, 0.3) is 0 Å². The Labute approximate surface area is 116 Å². The molecule has 0 amide bonds. The van der Waals surface area contributed by atoms with E-state index in [-0.39, 0.29) is 6.04 Å². The molecule has 0 aliphatic rings. The molecular formula is C13H15ClN2OS. The van der Waals surface area contributed by atoms with Crippen molar-refractivity contribution < 1.29 is 4.74 Å². The van der Waals surface area contributed by atoms with Gasteiger partial charge in [0.15, 0.2) is 0 Å². The Kier molecular flexibility index (Phi) is 4.24. The molecule has 1 atom stereocenters. The third-order valence-corrected chi connectivity index (χ3v) is 4.26. The zero-order valence-corrected chi connectivity index (χ0v) is 11.8. The maximum atomic E-state index is 6.15. The van der Waals surface area contributed by atoms with Crippen LogP contribution in [0.25, 0.3) is 0 Å². The van der Waals surface area contributed by atoms with E-state index < -0.39 is 0 Å². The second-order valence-electron chi connectivity index (χ2n) is 3.96. The van der Waals surface area contributed by atoms with Gasteiger partial charge in [0.1, 0.15) is 5.75 Å². The van der Waals surface area contributed by atoms with Gasteiger partial charge in [-0.15, -0.1) is 11.3 Å². The number of hydrazine groups is 1. The quantitative estimate of drug-likeness (QED) is 0.668. The summed E-state index contributed by atoms with van der Waals surface area (Å²) >= 11 is 7.73. The summed E-state index contributed by atoms with van der Waals surface area (Å²) in [6, 6.07) is 7.78. The highest BCUT2D eigenvalue weighted by molar-refractivity contribution is 7.10. The van der Waals surface area contributed by atoms with Crippen molar-refractivity contribution in [2.45, 2.75) is 13.0 Å². The lowest BCUT2D eigenvalue weighted by Gasteiger charge is -2.17. The first kappa shape index (κ1) is 13.4. The molecule has 1 aromatic heterocycles. The smallest absolute Gasteiger partial charge is 0.122 e. The summed E-state index contributed by atoms with van der Waals surface area (Å²) in [5.74, 6) is 6.50. The van der Waals surface area contributed by atoms with Gasteiger partial charge in [-0.1, -0.05) is 23.7 Å². The van der Waals surface area contributed by atoms with Crippen LogP contribution in [0.3, 0.4) is 0 Å². The van der Waals surface area contributed by atoms with Crippen LogP contribution in [0.4, 0.5) is 0 Å². The Morgan fingerprint density at radius 2 is 2.17 bits per heavy atom. The fourth-order valence-electron chi connectivity index (χ4n) is 1.85. The van der Waals surface area contributed by atoms with Crippen molar-refractivity contribution in [3.63, 3.8) is 0 Å². The molecule has 18 heavy (non-hydrogen) atoms. The fraction of sp³-hybridized carbons (Fsp3) is 0.231. The van der Waals surface area contributed by atoms with E-state index in [0.717, 1.165) is 26.8 Å². The second kappa shape index (κ2) is 5.71. The van der Waals surface area contributed by atoms with Gasteiger partial charge in [-0.05, 0) is 35.6 Å². The lowest BCUT2D eigenvalue weighted by atomic mass is 10.0. The number of thiophene rings is 1. The average molecular weight is 283 g/mol. The Hall–Kier alpha value is -1.07. The SMILES string of the molecule is COc1cc(C(NN)c2sccc2Cl)ccc1C. The van der Waals surface area contributed by atoms with E-state index in [2.05, 4.69) is 5.43 Å². The molecule has 0 fully saturated rings. The number of ether oxygens (including phenoxy) is 1. The molecule has 0 saturated heterocycles. The number of halogens is 1. The molecule has 0 aliphatic heterocycles. The predicted molar refractivity (Wildman–Crippen MR) is 76.2 cm³/mol. The predicted octanol–water partition coefficient (Wildman–Crippen LogP) is 3.27. The van der Waals surface area contributed by atoms with E-state index in [1.165, 1.54) is 0 Å². The highest BCUT2D eigenvalue weighted by Crippen LogP contribution is 2.34. The van der Waals surface area contributed by atoms with Crippen molar-refractivity contribution in [3.05, 3.63) is 50.7 Å². The molecule has 0 saturated carbocycles. The summed E-state index contributed by atoms with van der Waals surface area (Å²) in [5.41, 5.74) is 4.93. The molecule has 0 aliphatic carbocycles. The number of hydrogen-bond donors (Lipinski definition) is 2. The summed E-state index contributed by atoms with van der Waals surface area (Å²) in [4.78, 5) is 1.00. The van der Waals surface area contributed by atoms with E-state index in [4.69, 9.17) is 22.2 Å². The van der Waals surface area contributed by atoms with Crippen molar-refractivity contribution >= 4 is 22.9 Å². The first-order valence-electron chi connectivity index (χ1n) is 5.51. The number of nitrogens with one attached hydrogen (secondary N) is 1. The summed E-state index contributed by atoms with van der Waals surface area (Å²) in [6.45, 7) is 2.01. The summed E-state index contributed by atoms with van der Waals surface area (Å²) in [7, 11) is 1.66. The van der Waals surface area contributed by atoms with Crippen LogP contribution in [-0.2, 0) is 0 Å². The largest absolute Gasteiger partial charge is 0.496 e. The number of benzene rings is 1. The van der Waals surface area contributed by atoms with E-state index in [9.17, 15) is 0 Å². The average Bonchev–Trinajstić information content (AvgIpc) is 2.79. The molecule has 0 spiro atoms. The Balaban J connectivity index is 2.42. The molecule has 1 heterocycles. The molecule has 3 N–H and O–H groups in total. The van der Waals surface area contributed by atoms with Gasteiger partial charge in [0.05, 0.1) is 18.2 Å². The minimum absolute atomic E-state index is 0.119. The zero-order chi connectivity index (χ0) is 13.1. The van der Waals surface area contributed by atoms with Gasteiger partial charge in [0.2, 0.25) is 0 Å². The normalized spacial score (nSPS) is 12.4. The Morgan fingerprint density at radius 1 is 1.39 bits per heavy atom. The fourth-order valence-corrected chi connectivity index (χ4v) is 3.10. The number of aryl methyl sites for hydroxylation is 1. The monoisotopic (exact) mass is 282 g/mol. The number of rotatable bonds is 4. The minimum atomic E-state index is -0.119. The van der Waals surface area contributed by atoms with Crippen molar-refractivity contribution in [2.75, 3.05) is 7.11 Å². The standard InChI is InChI=1S/C13H15ClN2OS/c1-8-3-4-9(7-11(8)17-2)12(16-15)13-10(14)5-6-18-13/h3-7,12,16H,15H2,1-2H3. The molecule has 0 bridgehead atoms. The highest BCUT2D eigenvalue weighted by atomic mass is 35.5. The van der Waals surface area contributed by atoms with Crippen LogP contribution in [0.1, 0.15) is 22.0 Å². The van der Waals surface area contributed by atoms with Crippen molar-refractivity contribution in [1.82, 2.24) is 5.43 Å². The van der Waals surface area contributed by atoms with Gasteiger partial charge in [-0.25, -0.2) is 5.43 Å². The van der Waals surface area contributed by atoms with E-state index in [1.54, 1.807) is 18.4 Å². The van der Waals surface area contributed by atoms with Gasteiger partial charge in [-0.3, -0.25) is 5.84 Å².